The van der Waals surface area contributed by atoms with E-state index in [-0.39, 0.29) is 5.97 Å². The zero-order valence-corrected chi connectivity index (χ0v) is 8.82. The molecule has 0 saturated heterocycles. The Morgan fingerprint density at radius 3 is 2.29 bits per heavy atom. The Balaban J connectivity index is 0. The Bertz CT molecular complexity index is 186. The monoisotopic (exact) mass is 201 g/mol. The number of hydrogen-bond acceptors (Lipinski definition) is 4. The number of carbonyl (C=O) groups excluding carboxylic acids is 2. The van der Waals surface area contributed by atoms with Gasteiger partial charge in [-0.05, 0) is 25.3 Å². The van der Waals surface area contributed by atoms with Gasteiger partial charge in [0.25, 0.3) is 0 Å². The summed E-state index contributed by atoms with van der Waals surface area (Å²) in [6.07, 6.45) is 1.19. The number of nitrogens with two attached hydrogens (primary N) is 1. The van der Waals surface area contributed by atoms with Crippen LogP contribution in [-0.2, 0) is 14.3 Å². The van der Waals surface area contributed by atoms with Gasteiger partial charge in [0.1, 0.15) is 6.04 Å². The second-order valence-electron chi connectivity index (χ2n) is 3.08. The van der Waals surface area contributed by atoms with E-state index in [0.717, 1.165) is 0 Å². The molecule has 1 atom stereocenters. The minimum atomic E-state index is -0.449. The number of ether oxygens (including phenoxy) is 1. The number of carbonyl (C=O) groups is 1. The molecule has 0 aliphatic heterocycles. The second kappa shape index (κ2) is 9.89. The van der Waals surface area contributed by atoms with Gasteiger partial charge in [0, 0.05) is 0 Å². The molecule has 5 heteroatoms. The molecule has 0 heterocycles. The topological polar surface area (TPSA) is 91.7 Å². The van der Waals surface area contributed by atoms with Crippen LogP contribution in [0.1, 0.15) is 27.2 Å². The first kappa shape index (κ1) is 15.3. The summed E-state index contributed by atoms with van der Waals surface area (Å²) < 4.78 is 4.74. The molecular formula is C9H17N2O3-. The van der Waals surface area contributed by atoms with Gasteiger partial charge in [-0.25, -0.2) is 0 Å². The first-order chi connectivity index (χ1) is 6.49. The highest BCUT2D eigenvalue weighted by atomic mass is 16.5. The van der Waals surface area contributed by atoms with Gasteiger partial charge in [-0.2, -0.15) is 0 Å². The normalized spacial score (nSPS) is 10.9. The molecular weight excluding hydrogens is 184 g/mol. The van der Waals surface area contributed by atoms with E-state index in [4.69, 9.17) is 20.7 Å². The summed E-state index contributed by atoms with van der Waals surface area (Å²) in [5.74, 6) is 0.149. The Labute approximate surface area is 84.1 Å². The van der Waals surface area contributed by atoms with Crippen LogP contribution in [0, 0.1) is 5.92 Å². The summed E-state index contributed by atoms with van der Waals surface area (Å²) in [6, 6.07) is -0.449. The highest BCUT2D eigenvalue weighted by molar-refractivity contribution is 5.75. The van der Waals surface area contributed by atoms with Crippen LogP contribution in [0.25, 0.3) is 5.41 Å². The molecule has 0 bridgehead atoms. The molecule has 5 nitrogen and oxygen atoms in total. The average Bonchev–Trinajstić information content (AvgIpc) is 2.04. The molecule has 0 aliphatic carbocycles. The molecule has 2 N–H and O–H groups in total. The molecule has 82 valence electrons. The Morgan fingerprint density at radius 1 is 1.57 bits per heavy atom. The lowest BCUT2D eigenvalue weighted by Crippen LogP contribution is -2.33. The number of hydrogen-bond donors (Lipinski definition) is 1. The molecule has 0 rings (SSSR count). The van der Waals surface area contributed by atoms with Crippen molar-refractivity contribution in [2.24, 2.45) is 11.7 Å². The van der Waals surface area contributed by atoms with E-state index in [1.165, 1.54) is 0 Å². The molecule has 0 unspecified atom stereocenters. The number of esters is 1. The summed E-state index contributed by atoms with van der Waals surface area (Å²) in [5, 5.41) is 6.76. The predicted molar refractivity (Wildman–Crippen MR) is 53.1 cm³/mol. The highest BCUT2D eigenvalue weighted by Gasteiger charge is 2.15. The summed E-state index contributed by atoms with van der Waals surface area (Å²) >= 11 is 0. The summed E-state index contributed by atoms with van der Waals surface area (Å²) in [5.41, 5.74) is 5.53. The molecule has 0 fully saturated rings. The van der Waals surface area contributed by atoms with Crippen molar-refractivity contribution in [2.75, 3.05) is 6.61 Å². The SMILES string of the molecule is CCOC(=O)[C@@H](N)CC(C)C.[N-]=C=O. The van der Waals surface area contributed by atoms with Crippen LogP contribution in [0.4, 0.5) is 0 Å². The zero-order chi connectivity index (χ0) is 11.6. The van der Waals surface area contributed by atoms with Gasteiger partial charge in [-0.1, -0.05) is 13.8 Å². The van der Waals surface area contributed by atoms with E-state index in [1.54, 1.807) is 6.92 Å². The molecule has 0 saturated carbocycles. The fourth-order valence-corrected chi connectivity index (χ4v) is 0.853. The first-order valence-electron chi connectivity index (χ1n) is 4.42. The molecule has 0 radical (unpaired) electrons. The lowest BCUT2D eigenvalue weighted by molar-refractivity contribution is -0.145. The molecule has 0 aliphatic rings. The zero-order valence-electron chi connectivity index (χ0n) is 8.82. The van der Waals surface area contributed by atoms with E-state index < -0.39 is 6.04 Å². The van der Waals surface area contributed by atoms with E-state index in [0.29, 0.717) is 25.0 Å². The third-order valence-electron chi connectivity index (χ3n) is 1.31. The summed E-state index contributed by atoms with van der Waals surface area (Å²) in [4.78, 5) is 19.2. The number of isocyanates is 1. The molecule has 0 aromatic rings. The average molecular weight is 201 g/mol. The quantitative estimate of drug-likeness (QED) is 0.414. The van der Waals surface area contributed by atoms with Gasteiger partial charge < -0.3 is 15.9 Å². The van der Waals surface area contributed by atoms with Gasteiger partial charge in [0.15, 0.2) is 0 Å². The fourth-order valence-electron chi connectivity index (χ4n) is 0.853. The molecule has 0 amide bonds. The second-order valence-corrected chi connectivity index (χ2v) is 3.08. The van der Waals surface area contributed by atoms with Crippen molar-refractivity contribution in [3.63, 3.8) is 0 Å². The van der Waals surface area contributed by atoms with Crippen LogP contribution in [0.5, 0.6) is 0 Å². The van der Waals surface area contributed by atoms with Crippen LogP contribution in [0.15, 0.2) is 0 Å². The lowest BCUT2D eigenvalue weighted by Gasteiger charge is -2.11. The standard InChI is InChI=1S/C8H17NO2.CNO/c1-4-11-8(10)7(9)5-6(2)3;2-1-3/h6-7H,4-5,9H2,1-3H3;/q;-1/t7-;/m0./s1. The Morgan fingerprint density at radius 2 is 2.00 bits per heavy atom. The van der Waals surface area contributed by atoms with Crippen molar-refractivity contribution >= 4 is 12.0 Å². The van der Waals surface area contributed by atoms with Crippen LogP contribution >= 0.6 is 0 Å². The lowest BCUT2D eigenvalue weighted by atomic mass is 10.1. The van der Waals surface area contributed by atoms with Crippen molar-refractivity contribution in [3.05, 3.63) is 5.41 Å². The summed E-state index contributed by atoms with van der Waals surface area (Å²) in [6.45, 7) is 6.24. The minimum Gasteiger partial charge on any atom is -0.724 e. The van der Waals surface area contributed by atoms with Crippen LogP contribution in [0.2, 0.25) is 0 Å². The van der Waals surface area contributed by atoms with E-state index in [2.05, 4.69) is 0 Å². The van der Waals surface area contributed by atoms with Crippen LogP contribution in [-0.4, -0.2) is 24.7 Å². The smallest absolute Gasteiger partial charge is 0.322 e. The van der Waals surface area contributed by atoms with Crippen molar-refractivity contribution in [1.82, 2.24) is 0 Å². The van der Waals surface area contributed by atoms with Gasteiger partial charge in [0.05, 0.1) is 6.61 Å². The fraction of sp³-hybridized carbons (Fsp3) is 0.778. The molecule has 14 heavy (non-hydrogen) atoms. The maximum absolute atomic E-state index is 10.9. The van der Waals surface area contributed by atoms with Crippen molar-refractivity contribution < 1.29 is 14.3 Å². The maximum atomic E-state index is 10.9. The number of rotatable bonds is 4. The largest absolute Gasteiger partial charge is 0.724 e. The van der Waals surface area contributed by atoms with Crippen molar-refractivity contribution in [3.8, 4) is 0 Å². The third-order valence-corrected chi connectivity index (χ3v) is 1.31. The van der Waals surface area contributed by atoms with E-state index >= 15 is 0 Å². The van der Waals surface area contributed by atoms with Crippen LogP contribution in [0.3, 0.4) is 0 Å². The van der Waals surface area contributed by atoms with E-state index in [9.17, 15) is 4.79 Å². The molecule has 0 spiro atoms. The summed E-state index contributed by atoms with van der Waals surface area (Å²) in [7, 11) is 0. The first-order valence-corrected chi connectivity index (χ1v) is 4.42. The van der Waals surface area contributed by atoms with Crippen molar-refractivity contribution in [2.45, 2.75) is 33.2 Å². The Kier molecular flexibility index (Phi) is 10.8. The number of nitrogens with zero attached hydrogens (tertiary/aromatic N) is 1. The highest BCUT2D eigenvalue weighted by Crippen LogP contribution is 2.03. The van der Waals surface area contributed by atoms with Gasteiger partial charge in [0.2, 0.25) is 0 Å². The predicted octanol–water partition coefficient (Wildman–Crippen LogP) is 0.814. The van der Waals surface area contributed by atoms with Crippen molar-refractivity contribution in [1.29, 1.82) is 0 Å². The minimum absolute atomic E-state index is 0.291. The van der Waals surface area contributed by atoms with Crippen LogP contribution < -0.4 is 5.73 Å². The van der Waals surface area contributed by atoms with E-state index in [1.807, 2.05) is 13.8 Å². The van der Waals surface area contributed by atoms with Gasteiger partial charge in [-0.15, -0.1) is 0 Å². The molecule has 0 aromatic heterocycles. The van der Waals surface area contributed by atoms with Gasteiger partial charge in [-0.3, -0.25) is 9.59 Å². The third kappa shape index (κ3) is 10.8. The molecule has 0 aromatic carbocycles. The van der Waals surface area contributed by atoms with Gasteiger partial charge >= 0.3 is 5.97 Å². The Hall–Kier alpha value is -1.19. The maximum Gasteiger partial charge on any atom is 0.322 e.